The molecular weight excluding hydrogens is 320 g/mol. The molecule has 0 spiro atoms. The molecule has 0 heterocycles. The van der Waals surface area contributed by atoms with Crippen molar-refractivity contribution < 1.29 is 19.6 Å². The molecule has 8 heteroatoms. The number of carboxylic acid groups (broad SMARTS) is 1. The molecule has 1 unspecified atom stereocenters. The van der Waals surface area contributed by atoms with E-state index in [1.807, 2.05) is 0 Å². The van der Waals surface area contributed by atoms with Crippen molar-refractivity contribution in [1.29, 1.82) is 0 Å². The van der Waals surface area contributed by atoms with E-state index in [0.717, 1.165) is 0 Å². The Hall–Kier alpha value is -1.67. The highest BCUT2D eigenvalue weighted by Crippen LogP contribution is 2.30. The summed E-state index contributed by atoms with van der Waals surface area (Å²) in [4.78, 5) is 21.0. The fourth-order valence-electron chi connectivity index (χ4n) is 1.43. The minimum absolute atomic E-state index is 0.0697. The molecule has 1 aromatic rings. The van der Waals surface area contributed by atoms with Crippen molar-refractivity contribution in [3.8, 4) is 5.75 Å². The molecular formula is C11H13BrN2O5. The van der Waals surface area contributed by atoms with E-state index in [2.05, 4.69) is 21.2 Å². The van der Waals surface area contributed by atoms with Gasteiger partial charge in [-0.15, -0.1) is 0 Å². The van der Waals surface area contributed by atoms with Crippen LogP contribution in [0.2, 0.25) is 0 Å². The van der Waals surface area contributed by atoms with E-state index in [0.29, 0.717) is 4.47 Å². The number of benzene rings is 1. The van der Waals surface area contributed by atoms with Gasteiger partial charge in [-0.1, -0.05) is 15.9 Å². The number of nitrogens with zero attached hydrogens (tertiary/aromatic N) is 1. The molecule has 0 saturated carbocycles. The largest absolute Gasteiger partial charge is 0.487 e. The van der Waals surface area contributed by atoms with Gasteiger partial charge in [0.15, 0.2) is 5.75 Å². The summed E-state index contributed by atoms with van der Waals surface area (Å²) >= 11 is 3.14. The Balaban J connectivity index is 2.68. The van der Waals surface area contributed by atoms with Gasteiger partial charge in [-0.2, -0.15) is 0 Å². The lowest BCUT2D eigenvalue weighted by Gasteiger charge is -2.12. The summed E-state index contributed by atoms with van der Waals surface area (Å²) in [5.74, 6) is -0.871. The zero-order chi connectivity index (χ0) is 14.4. The Morgan fingerprint density at radius 1 is 1.63 bits per heavy atom. The molecule has 0 saturated heterocycles. The zero-order valence-electron chi connectivity index (χ0n) is 10.1. The molecule has 0 aliphatic rings. The van der Waals surface area contributed by atoms with Crippen molar-refractivity contribution in [1.82, 2.24) is 5.32 Å². The molecule has 0 amide bonds. The van der Waals surface area contributed by atoms with Crippen LogP contribution in [0.1, 0.15) is 6.42 Å². The maximum Gasteiger partial charge on any atom is 0.320 e. The van der Waals surface area contributed by atoms with E-state index < -0.39 is 16.9 Å². The number of carboxylic acids is 1. The van der Waals surface area contributed by atoms with Crippen molar-refractivity contribution >= 4 is 27.6 Å². The van der Waals surface area contributed by atoms with Crippen molar-refractivity contribution in [3.05, 3.63) is 32.8 Å². The molecule has 1 atom stereocenters. The van der Waals surface area contributed by atoms with Crippen LogP contribution in [0.4, 0.5) is 5.69 Å². The number of carbonyl (C=O) groups is 1. The standard InChI is InChI=1S/C11H13BrN2O5/c1-13-8(11(15)16)4-5-19-10-3-2-7(12)6-9(10)14(17)18/h2-3,6,8,13H,4-5H2,1H3,(H,15,16). The van der Waals surface area contributed by atoms with Gasteiger partial charge in [0.1, 0.15) is 6.04 Å². The summed E-state index contributed by atoms with van der Waals surface area (Å²) in [5, 5.41) is 22.3. The summed E-state index contributed by atoms with van der Waals surface area (Å²) in [6, 6.07) is 3.68. The number of likely N-dealkylation sites (N-methyl/N-ethyl adjacent to an activating group) is 1. The van der Waals surface area contributed by atoms with Gasteiger partial charge in [0.25, 0.3) is 0 Å². The SMILES string of the molecule is CNC(CCOc1ccc(Br)cc1[N+](=O)[O-])C(=O)O. The third kappa shape index (κ3) is 4.49. The highest BCUT2D eigenvalue weighted by Gasteiger charge is 2.18. The van der Waals surface area contributed by atoms with Crippen molar-refractivity contribution in [2.45, 2.75) is 12.5 Å². The van der Waals surface area contributed by atoms with Crippen LogP contribution in [0.3, 0.4) is 0 Å². The van der Waals surface area contributed by atoms with Crippen LogP contribution in [-0.2, 0) is 4.79 Å². The monoisotopic (exact) mass is 332 g/mol. The highest BCUT2D eigenvalue weighted by molar-refractivity contribution is 9.10. The molecule has 7 nitrogen and oxygen atoms in total. The number of halogens is 1. The summed E-state index contributed by atoms with van der Waals surface area (Å²) in [6.07, 6.45) is 0.207. The number of rotatable bonds is 7. The first-order valence-electron chi connectivity index (χ1n) is 5.42. The molecule has 104 valence electrons. The van der Waals surface area contributed by atoms with Gasteiger partial charge in [0.05, 0.1) is 11.5 Å². The van der Waals surface area contributed by atoms with E-state index in [1.54, 1.807) is 6.07 Å². The number of hydrogen-bond donors (Lipinski definition) is 2. The van der Waals surface area contributed by atoms with E-state index in [1.165, 1.54) is 19.2 Å². The lowest BCUT2D eigenvalue weighted by atomic mass is 10.2. The van der Waals surface area contributed by atoms with Crippen LogP contribution in [0.15, 0.2) is 22.7 Å². The number of nitrogens with one attached hydrogen (secondary N) is 1. The summed E-state index contributed by atoms with van der Waals surface area (Å²) in [5.41, 5.74) is -0.161. The third-order valence-corrected chi connectivity index (χ3v) is 2.92. The van der Waals surface area contributed by atoms with Crippen molar-refractivity contribution in [2.75, 3.05) is 13.7 Å². The molecule has 0 aromatic heterocycles. The van der Waals surface area contributed by atoms with Gasteiger partial charge in [-0.3, -0.25) is 14.9 Å². The second-order valence-corrected chi connectivity index (χ2v) is 4.60. The molecule has 0 aliphatic heterocycles. The fraction of sp³-hybridized carbons (Fsp3) is 0.364. The smallest absolute Gasteiger partial charge is 0.320 e. The average Bonchev–Trinajstić information content (AvgIpc) is 2.35. The van der Waals surface area contributed by atoms with E-state index in [9.17, 15) is 14.9 Å². The molecule has 1 rings (SSSR count). The van der Waals surface area contributed by atoms with Crippen molar-refractivity contribution in [2.24, 2.45) is 0 Å². The highest BCUT2D eigenvalue weighted by atomic mass is 79.9. The topological polar surface area (TPSA) is 102 Å². The fourth-order valence-corrected chi connectivity index (χ4v) is 1.78. The molecule has 0 radical (unpaired) electrons. The van der Waals surface area contributed by atoms with Gasteiger partial charge in [-0.25, -0.2) is 0 Å². The summed E-state index contributed by atoms with van der Waals surface area (Å²) in [6.45, 7) is 0.0697. The van der Waals surface area contributed by atoms with Crippen LogP contribution >= 0.6 is 15.9 Å². The predicted molar refractivity (Wildman–Crippen MR) is 71.4 cm³/mol. The summed E-state index contributed by atoms with van der Waals surface area (Å²) in [7, 11) is 1.53. The van der Waals surface area contributed by atoms with E-state index in [-0.39, 0.29) is 24.5 Å². The van der Waals surface area contributed by atoms with Crippen LogP contribution in [0, 0.1) is 10.1 Å². The van der Waals surface area contributed by atoms with Gasteiger partial charge >= 0.3 is 11.7 Å². The number of ether oxygens (including phenoxy) is 1. The second kappa shape index (κ2) is 7.05. The number of nitro groups is 1. The predicted octanol–water partition coefficient (Wildman–Crippen LogP) is 1.80. The maximum absolute atomic E-state index is 10.8. The first kappa shape index (κ1) is 15.4. The lowest BCUT2D eigenvalue weighted by molar-refractivity contribution is -0.385. The molecule has 0 bridgehead atoms. The first-order valence-corrected chi connectivity index (χ1v) is 6.21. The Morgan fingerprint density at radius 2 is 2.32 bits per heavy atom. The maximum atomic E-state index is 10.8. The minimum Gasteiger partial charge on any atom is -0.487 e. The quantitative estimate of drug-likeness (QED) is 0.583. The second-order valence-electron chi connectivity index (χ2n) is 3.69. The summed E-state index contributed by atoms with van der Waals surface area (Å²) < 4.78 is 5.84. The number of aliphatic carboxylic acids is 1. The number of nitro benzene ring substituents is 1. The van der Waals surface area contributed by atoms with Crippen LogP contribution in [-0.4, -0.2) is 35.7 Å². The van der Waals surface area contributed by atoms with Gasteiger partial charge in [0.2, 0.25) is 0 Å². The zero-order valence-corrected chi connectivity index (χ0v) is 11.7. The normalized spacial score (nSPS) is 11.9. The van der Waals surface area contributed by atoms with Crippen LogP contribution < -0.4 is 10.1 Å². The molecule has 1 aromatic carbocycles. The first-order chi connectivity index (χ1) is 8.95. The lowest BCUT2D eigenvalue weighted by Crippen LogP contribution is -2.35. The van der Waals surface area contributed by atoms with Crippen LogP contribution in [0.25, 0.3) is 0 Å². The van der Waals surface area contributed by atoms with E-state index in [4.69, 9.17) is 9.84 Å². The van der Waals surface area contributed by atoms with Crippen molar-refractivity contribution in [3.63, 3.8) is 0 Å². The molecule has 0 fully saturated rings. The Morgan fingerprint density at radius 3 is 2.84 bits per heavy atom. The molecule has 2 N–H and O–H groups in total. The van der Waals surface area contributed by atoms with E-state index >= 15 is 0 Å². The Bertz CT molecular complexity index is 480. The van der Waals surface area contributed by atoms with Gasteiger partial charge in [-0.05, 0) is 19.2 Å². The van der Waals surface area contributed by atoms with Crippen LogP contribution in [0.5, 0.6) is 5.75 Å². The number of hydrogen-bond acceptors (Lipinski definition) is 5. The Labute approximate surface area is 117 Å². The molecule has 19 heavy (non-hydrogen) atoms. The Kier molecular flexibility index (Phi) is 5.71. The molecule has 0 aliphatic carbocycles. The third-order valence-electron chi connectivity index (χ3n) is 2.43. The minimum atomic E-state index is -0.989. The average molecular weight is 333 g/mol. The van der Waals surface area contributed by atoms with Gasteiger partial charge in [0, 0.05) is 17.0 Å². The van der Waals surface area contributed by atoms with Gasteiger partial charge < -0.3 is 15.2 Å².